The van der Waals surface area contributed by atoms with Crippen LogP contribution in [-0.4, -0.2) is 17.3 Å². The van der Waals surface area contributed by atoms with Crippen LogP contribution in [0.3, 0.4) is 0 Å². The van der Waals surface area contributed by atoms with Crippen molar-refractivity contribution in [3.63, 3.8) is 0 Å². The van der Waals surface area contributed by atoms with Crippen LogP contribution in [0.15, 0.2) is 35.5 Å². The average molecular weight is 218 g/mol. The molecule has 1 aliphatic rings. The van der Waals surface area contributed by atoms with E-state index >= 15 is 0 Å². The van der Waals surface area contributed by atoms with Crippen LogP contribution in [-0.2, 0) is 14.4 Å². The van der Waals surface area contributed by atoms with Gasteiger partial charge in [0.2, 0.25) is 0 Å². The minimum atomic E-state index is -0.363. The SMILES string of the molecule is CC=CC(=O)C1=C(C(=O)C=CC)C(=O)CC1. The molecule has 0 unspecified atom stereocenters. The van der Waals surface area contributed by atoms with Crippen molar-refractivity contribution < 1.29 is 14.4 Å². The normalized spacial score (nSPS) is 16.8. The van der Waals surface area contributed by atoms with Gasteiger partial charge in [0.1, 0.15) is 0 Å². The van der Waals surface area contributed by atoms with Crippen LogP contribution in [0.5, 0.6) is 0 Å². The van der Waals surface area contributed by atoms with E-state index in [1.807, 2.05) is 0 Å². The highest BCUT2D eigenvalue weighted by Crippen LogP contribution is 2.25. The summed E-state index contributed by atoms with van der Waals surface area (Å²) in [7, 11) is 0. The van der Waals surface area contributed by atoms with E-state index in [0.29, 0.717) is 12.0 Å². The molecule has 84 valence electrons. The predicted octanol–water partition coefficient (Wildman–Crippen LogP) is 1.94. The second kappa shape index (κ2) is 5.35. The molecule has 0 aromatic heterocycles. The zero-order valence-corrected chi connectivity index (χ0v) is 9.45. The summed E-state index contributed by atoms with van der Waals surface area (Å²) >= 11 is 0. The first kappa shape index (κ1) is 12.3. The topological polar surface area (TPSA) is 51.2 Å². The Morgan fingerprint density at radius 2 is 1.56 bits per heavy atom. The van der Waals surface area contributed by atoms with E-state index in [0.717, 1.165) is 0 Å². The number of allylic oxidation sites excluding steroid dienone is 6. The molecule has 0 heterocycles. The first-order valence-electron chi connectivity index (χ1n) is 5.22. The number of ketones is 3. The van der Waals surface area contributed by atoms with E-state index in [-0.39, 0.29) is 29.3 Å². The Morgan fingerprint density at radius 1 is 1.00 bits per heavy atom. The van der Waals surface area contributed by atoms with Crippen LogP contribution in [0.25, 0.3) is 0 Å². The van der Waals surface area contributed by atoms with Gasteiger partial charge in [-0.15, -0.1) is 0 Å². The highest BCUT2D eigenvalue weighted by Gasteiger charge is 2.29. The molecule has 0 aliphatic heterocycles. The maximum absolute atomic E-state index is 11.6. The monoisotopic (exact) mass is 218 g/mol. The lowest BCUT2D eigenvalue weighted by atomic mass is 10.0. The van der Waals surface area contributed by atoms with Gasteiger partial charge >= 0.3 is 0 Å². The highest BCUT2D eigenvalue weighted by molar-refractivity contribution is 6.30. The van der Waals surface area contributed by atoms with Crippen molar-refractivity contribution in [1.82, 2.24) is 0 Å². The summed E-state index contributed by atoms with van der Waals surface area (Å²) in [5.74, 6) is -0.824. The summed E-state index contributed by atoms with van der Waals surface area (Å²) in [4.78, 5) is 34.8. The Balaban J connectivity index is 3.15. The van der Waals surface area contributed by atoms with Crippen LogP contribution in [0.1, 0.15) is 26.7 Å². The van der Waals surface area contributed by atoms with Crippen molar-refractivity contribution in [2.24, 2.45) is 0 Å². The van der Waals surface area contributed by atoms with Gasteiger partial charge in [0.15, 0.2) is 17.3 Å². The van der Waals surface area contributed by atoms with Crippen molar-refractivity contribution in [2.75, 3.05) is 0 Å². The zero-order chi connectivity index (χ0) is 12.1. The number of rotatable bonds is 4. The van der Waals surface area contributed by atoms with Crippen molar-refractivity contribution in [3.8, 4) is 0 Å². The number of hydrogen-bond acceptors (Lipinski definition) is 3. The fourth-order valence-electron chi connectivity index (χ4n) is 1.68. The quantitative estimate of drug-likeness (QED) is 0.535. The molecule has 16 heavy (non-hydrogen) atoms. The molecule has 0 spiro atoms. The summed E-state index contributed by atoms with van der Waals surface area (Å²) in [5, 5.41) is 0. The molecule has 0 aromatic rings. The van der Waals surface area contributed by atoms with Crippen LogP contribution >= 0.6 is 0 Å². The Kier molecular flexibility index (Phi) is 4.11. The smallest absolute Gasteiger partial charge is 0.189 e. The van der Waals surface area contributed by atoms with E-state index in [9.17, 15) is 14.4 Å². The summed E-state index contributed by atoms with van der Waals surface area (Å²) in [6, 6.07) is 0. The summed E-state index contributed by atoms with van der Waals surface area (Å²) in [6.07, 6.45) is 6.52. The predicted molar refractivity (Wildman–Crippen MR) is 60.9 cm³/mol. The molecule has 0 fully saturated rings. The number of carbonyl (C=O) groups excluding carboxylic acids is 3. The first-order valence-corrected chi connectivity index (χ1v) is 5.22. The van der Waals surface area contributed by atoms with Crippen LogP contribution in [0.4, 0.5) is 0 Å². The number of hydrogen-bond donors (Lipinski definition) is 0. The van der Waals surface area contributed by atoms with Gasteiger partial charge in [-0.2, -0.15) is 0 Å². The van der Waals surface area contributed by atoms with Crippen LogP contribution in [0, 0.1) is 0 Å². The van der Waals surface area contributed by atoms with E-state index in [1.54, 1.807) is 26.0 Å². The molecule has 1 aliphatic carbocycles. The van der Waals surface area contributed by atoms with E-state index in [4.69, 9.17) is 0 Å². The highest BCUT2D eigenvalue weighted by atomic mass is 16.2. The van der Waals surface area contributed by atoms with E-state index in [1.165, 1.54) is 12.2 Å². The molecule has 0 N–H and O–H groups in total. The molecule has 1 rings (SSSR count). The van der Waals surface area contributed by atoms with Gasteiger partial charge in [-0.05, 0) is 32.4 Å². The first-order chi connectivity index (χ1) is 7.61. The summed E-state index contributed by atoms with van der Waals surface area (Å²) < 4.78 is 0. The Hall–Kier alpha value is -1.77. The molecular weight excluding hydrogens is 204 g/mol. The molecule has 0 saturated carbocycles. The fourth-order valence-corrected chi connectivity index (χ4v) is 1.68. The Bertz CT molecular complexity index is 422. The number of Topliss-reactive ketones (excluding diaryl/α,β-unsaturated/α-hetero) is 1. The van der Waals surface area contributed by atoms with Gasteiger partial charge in [0.05, 0.1) is 5.57 Å². The third-order valence-corrected chi connectivity index (χ3v) is 2.36. The molecule has 0 aromatic carbocycles. The van der Waals surface area contributed by atoms with Gasteiger partial charge in [0, 0.05) is 12.0 Å². The third kappa shape index (κ3) is 2.42. The van der Waals surface area contributed by atoms with Crippen LogP contribution < -0.4 is 0 Å². The standard InChI is InChI=1S/C13H14O3/c1-3-5-10(14)9-7-8-12(16)13(9)11(15)6-4-2/h3-6H,7-8H2,1-2H3. The van der Waals surface area contributed by atoms with Crippen molar-refractivity contribution >= 4 is 17.3 Å². The molecule has 0 atom stereocenters. The maximum Gasteiger partial charge on any atom is 0.189 e. The van der Waals surface area contributed by atoms with Gasteiger partial charge in [-0.25, -0.2) is 0 Å². The van der Waals surface area contributed by atoms with Gasteiger partial charge in [-0.3, -0.25) is 14.4 Å². The molecule has 3 nitrogen and oxygen atoms in total. The van der Waals surface area contributed by atoms with Crippen molar-refractivity contribution in [3.05, 3.63) is 35.5 Å². The second-order valence-corrected chi connectivity index (χ2v) is 3.51. The average Bonchev–Trinajstić information content (AvgIpc) is 2.61. The summed E-state index contributed by atoms with van der Waals surface area (Å²) in [6.45, 7) is 3.42. The van der Waals surface area contributed by atoms with E-state index < -0.39 is 0 Å². The Morgan fingerprint density at radius 3 is 2.12 bits per heavy atom. The molecule has 0 radical (unpaired) electrons. The molecule has 0 bridgehead atoms. The minimum absolute atomic E-state index is 0.0706. The lowest BCUT2D eigenvalue weighted by molar-refractivity contribution is -0.119. The minimum Gasteiger partial charge on any atom is -0.294 e. The van der Waals surface area contributed by atoms with Crippen LogP contribution in [0.2, 0.25) is 0 Å². The summed E-state index contributed by atoms with van der Waals surface area (Å²) in [5.41, 5.74) is 0.424. The maximum atomic E-state index is 11.6. The van der Waals surface area contributed by atoms with Crippen molar-refractivity contribution in [2.45, 2.75) is 26.7 Å². The lowest BCUT2D eigenvalue weighted by Crippen LogP contribution is -2.10. The molecular formula is C13H14O3. The fraction of sp³-hybridized carbons (Fsp3) is 0.308. The van der Waals surface area contributed by atoms with Gasteiger partial charge in [-0.1, -0.05) is 12.2 Å². The molecule has 0 amide bonds. The lowest BCUT2D eigenvalue weighted by Gasteiger charge is -1.98. The van der Waals surface area contributed by atoms with Gasteiger partial charge in [0.25, 0.3) is 0 Å². The van der Waals surface area contributed by atoms with Gasteiger partial charge < -0.3 is 0 Å². The number of carbonyl (C=O) groups is 3. The van der Waals surface area contributed by atoms with Crippen molar-refractivity contribution in [1.29, 1.82) is 0 Å². The van der Waals surface area contributed by atoms with E-state index in [2.05, 4.69) is 0 Å². The largest absolute Gasteiger partial charge is 0.294 e. The Labute approximate surface area is 94.5 Å². The second-order valence-electron chi connectivity index (χ2n) is 3.51. The third-order valence-electron chi connectivity index (χ3n) is 2.36. The molecule has 3 heteroatoms. The molecule has 0 saturated heterocycles. The zero-order valence-electron chi connectivity index (χ0n) is 9.45.